The van der Waals surface area contributed by atoms with Gasteiger partial charge in [0.1, 0.15) is 10.6 Å². The first kappa shape index (κ1) is 18.6. The summed E-state index contributed by atoms with van der Waals surface area (Å²) in [7, 11) is 1.57. The van der Waals surface area contributed by atoms with Gasteiger partial charge in [-0.05, 0) is 31.5 Å². The van der Waals surface area contributed by atoms with Crippen LogP contribution in [0.25, 0.3) is 21.3 Å². The number of carbonyl (C=O) groups is 1. The molecule has 2 aromatic heterocycles. The number of thioether (sulfide) groups is 1. The van der Waals surface area contributed by atoms with Gasteiger partial charge in [-0.15, -0.1) is 11.3 Å². The fraction of sp³-hybridized carbons (Fsp3) is 0.278. The molecule has 1 N–H and O–H groups in total. The molecule has 1 aromatic carbocycles. The van der Waals surface area contributed by atoms with Gasteiger partial charge in [0, 0.05) is 24.0 Å². The number of nitrogens with zero attached hydrogens (tertiary/aromatic N) is 2. The van der Waals surface area contributed by atoms with Crippen molar-refractivity contribution >= 4 is 39.2 Å². The SMILES string of the molecule is CCn1c(SCC(=O)NC)nc2sc(C)c(-c3ccc(F)cc3)c2c1=O. The first-order valence-electron chi connectivity index (χ1n) is 8.09. The summed E-state index contributed by atoms with van der Waals surface area (Å²) in [4.78, 5) is 30.9. The summed E-state index contributed by atoms with van der Waals surface area (Å²) in [6.07, 6.45) is 0. The number of thiophene rings is 1. The van der Waals surface area contributed by atoms with Crippen molar-refractivity contribution in [3.8, 4) is 11.1 Å². The molecular formula is C18H18FN3O2S2. The van der Waals surface area contributed by atoms with E-state index in [4.69, 9.17) is 0 Å². The standard InChI is InChI=1S/C18H18FN3O2S2/c1-4-22-17(24)15-14(11-5-7-12(19)8-6-11)10(2)26-16(15)21-18(22)25-9-13(23)20-3/h5-8H,4,9H2,1-3H3,(H,20,23). The summed E-state index contributed by atoms with van der Waals surface area (Å²) >= 11 is 2.68. The van der Waals surface area contributed by atoms with E-state index in [0.29, 0.717) is 21.9 Å². The van der Waals surface area contributed by atoms with E-state index in [1.807, 2.05) is 13.8 Å². The molecule has 136 valence electrons. The van der Waals surface area contributed by atoms with Gasteiger partial charge in [0.2, 0.25) is 5.91 Å². The van der Waals surface area contributed by atoms with E-state index < -0.39 is 0 Å². The Morgan fingerprint density at radius 1 is 1.35 bits per heavy atom. The summed E-state index contributed by atoms with van der Waals surface area (Å²) in [5.74, 6) is -0.242. The molecule has 0 radical (unpaired) electrons. The molecule has 0 atom stereocenters. The van der Waals surface area contributed by atoms with Crippen molar-refractivity contribution in [3.05, 3.63) is 45.3 Å². The smallest absolute Gasteiger partial charge is 0.263 e. The van der Waals surface area contributed by atoms with Gasteiger partial charge in [-0.2, -0.15) is 0 Å². The van der Waals surface area contributed by atoms with Crippen LogP contribution in [0.4, 0.5) is 4.39 Å². The number of amides is 1. The summed E-state index contributed by atoms with van der Waals surface area (Å²) in [5, 5.41) is 3.64. The molecule has 0 saturated heterocycles. The van der Waals surface area contributed by atoms with Crippen molar-refractivity contribution in [1.29, 1.82) is 0 Å². The highest BCUT2D eigenvalue weighted by Crippen LogP contribution is 2.36. The van der Waals surface area contributed by atoms with E-state index in [-0.39, 0.29) is 23.0 Å². The molecule has 0 aliphatic carbocycles. The molecule has 0 aliphatic heterocycles. The lowest BCUT2D eigenvalue weighted by Gasteiger charge is -2.10. The third-order valence-corrected chi connectivity index (χ3v) is 5.99. The predicted octanol–water partition coefficient (Wildman–Crippen LogP) is 3.43. The number of hydrogen-bond acceptors (Lipinski definition) is 5. The summed E-state index contributed by atoms with van der Waals surface area (Å²) < 4.78 is 14.8. The Morgan fingerprint density at radius 3 is 2.65 bits per heavy atom. The van der Waals surface area contributed by atoms with Crippen LogP contribution in [0.15, 0.2) is 34.2 Å². The molecule has 3 aromatic rings. The van der Waals surface area contributed by atoms with Crippen molar-refractivity contribution in [2.45, 2.75) is 25.5 Å². The second-order valence-corrected chi connectivity index (χ2v) is 7.77. The Labute approximate surface area is 158 Å². The molecule has 2 heterocycles. The number of halogens is 1. The lowest BCUT2D eigenvalue weighted by molar-refractivity contribution is -0.118. The van der Waals surface area contributed by atoms with Crippen LogP contribution in [-0.2, 0) is 11.3 Å². The number of benzene rings is 1. The van der Waals surface area contributed by atoms with Gasteiger partial charge >= 0.3 is 0 Å². The topological polar surface area (TPSA) is 64.0 Å². The average molecular weight is 391 g/mol. The monoisotopic (exact) mass is 391 g/mol. The van der Waals surface area contributed by atoms with Gasteiger partial charge in [-0.3, -0.25) is 14.2 Å². The first-order valence-corrected chi connectivity index (χ1v) is 9.89. The second-order valence-electron chi connectivity index (χ2n) is 5.63. The van der Waals surface area contributed by atoms with E-state index in [0.717, 1.165) is 16.0 Å². The first-order chi connectivity index (χ1) is 12.5. The Hall–Kier alpha value is -2.19. The van der Waals surface area contributed by atoms with Crippen molar-refractivity contribution < 1.29 is 9.18 Å². The summed E-state index contributed by atoms with van der Waals surface area (Å²) in [6.45, 7) is 4.25. The lowest BCUT2D eigenvalue weighted by atomic mass is 10.0. The van der Waals surface area contributed by atoms with Crippen molar-refractivity contribution in [2.24, 2.45) is 0 Å². The van der Waals surface area contributed by atoms with Crippen molar-refractivity contribution in [2.75, 3.05) is 12.8 Å². The molecule has 0 bridgehead atoms. The fourth-order valence-corrected chi connectivity index (χ4v) is 4.75. The molecule has 0 unspecified atom stereocenters. The zero-order chi connectivity index (χ0) is 18.8. The van der Waals surface area contributed by atoms with Crippen LogP contribution in [0.2, 0.25) is 0 Å². The summed E-state index contributed by atoms with van der Waals surface area (Å²) in [6, 6.07) is 6.12. The molecule has 3 rings (SSSR count). The van der Waals surface area contributed by atoms with Crippen molar-refractivity contribution in [3.63, 3.8) is 0 Å². The highest BCUT2D eigenvalue weighted by Gasteiger charge is 2.20. The molecule has 8 heteroatoms. The molecule has 0 aliphatic rings. The molecule has 0 fully saturated rings. The fourth-order valence-electron chi connectivity index (χ4n) is 2.73. The minimum absolute atomic E-state index is 0.124. The number of carbonyl (C=O) groups excluding carboxylic acids is 1. The Bertz CT molecular complexity index is 1030. The number of fused-ring (bicyclic) bond motifs is 1. The normalized spacial score (nSPS) is 11.1. The third-order valence-electron chi connectivity index (χ3n) is 4.01. The number of aryl methyl sites for hydroxylation is 1. The molecule has 5 nitrogen and oxygen atoms in total. The zero-order valence-corrected chi connectivity index (χ0v) is 16.3. The molecule has 0 saturated carbocycles. The highest BCUT2D eigenvalue weighted by molar-refractivity contribution is 7.99. The van der Waals surface area contributed by atoms with Crippen molar-refractivity contribution in [1.82, 2.24) is 14.9 Å². The maximum absolute atomic E-state index is 13.3. The number of hydrogen-bond donors (Lipinski definition) is 1. The van der Waals surface area contributed by atoms with Crippen LogP contribution in [0.3, 0.4) is 0 Å². The molecule has 0 spiro atoms. The number of nitrogens with one attached hydrogen (secondary N) is 1. The number of aromatic nitrogens is 2. The minimum atomic E-state index is -0.317. The highest BCUT2D eigenvalue weighted by atomic mass is 32.2. The van der Waals surface area contributed by atoms with E-state index in [1.165, 1.54) is 35.2 Å². The van der Waals surface area contributed by atoms with Gasteiger partial charge in [-0.1, -0.05) is 23.9 Å². The largest absolute Gasteiger partial charge is 0.358 e. The van der Waals surface area contributed by atoms with Gasteiger partial charge in [-0.25, -0.2) is 9.37 Å². The van der Waals surface area contributed by atoms with Gasteiger partial charge in [0.25, 0.3) is 5.56 Å². The van der Waals surface area contributed by atoms with Crippen LogP contribution in [0, 0.1) is 12.7 Å². The van der Waals surface area contributed by atoms with Crippen LogP contribution < -0.4 is 10.9 Å². The maximum atomic E-state index is 13.3. The lowest BCUT2D eigenvalue weighted by Crippen LogP contribution is -2.24. The quantitative estimate of drug-likeness (QED) is 0.535. The Morgan fingerprint density at radius 2 is 2.04 bits per heavy atom. The van der Waals surface area contributed by atoms with E-state index in [2.05, 4.69) is 10.3 Å². The van der Waals surface area contributed by atoms with Crippen LogP contribution in [0.5, 0.6) is 0 Å². The van der Waals surface area contributed by atoms with Gasteiger partial charge in [0.05, 0.1) is 11.1 Å². The Kier molecular flexibility index (Phi) is 5.43. The zero-order valence-electron chi connectivity index (χ0n) is 14.6. The predicted molar refractivity (Wildman–Crippen MR) is 104 cm³/mol. The van der Waals surface area contributed by atoms with E-state index in [9.17, 15) is 14.0 Å². The minimum Gasteiger partial charge on any atom is -0.358 e. The van der Waals surface area contributed by atoms with Crippen LogP contribution >= 0.6 is 23.1 Å². The van der Waals surface area contributed by atoms with E-state index >= 15 is 0 Å². The number of rotatable bonds is 5. The maximum Gasteiger partial charge on any atom is 0.263 e. The average Bonchev–Trinajstić information content (AvgIpc) is 2.96. The van der Waals surface area contributed by atoms with Gasteiger partial charge < -0.3 is 5.32 Å². The molecule has 26 heavy (non-hydrogen) atoms. The van der Waals surface area contributed by atoms with Crippen LogP contribution in [0.1, 0.15) is 11.8 Å². The molecular weight excluding hydrogens is 373 g/mol. The summed E-state index contributed by atoms with van der Waals surface area (Å²) in [5.41, 5.74) is 1.45. The van der Waals surface area contributed by atoms with E-state index in [1.54, 1.807) is 23.7 Å². The van der Waals surface area contributed by atoms with Crippen LogP contribution in [-0.4, -0.2) is 28.3 Å². The second kappa shape index (κ2) is 7.59. The van der Waals surface area contributed by atoms with Gasteiger partial charge in [0.15, 0.2) is 5.16 Å². The third kappa shape index (κ3) is 3.39. The molecule has 1 amide bonds. The Balaban J connectivity index is 2.18.